The highest BCUT2D eigenvalue weighted by Gasteiger charge is 2.31. The summed E-state index contributed by atoms with van der Waals surface area (Å²) >= 11 is 12.3. The highest BCUT2D eigenvalue weighted by Crippen LogP contribution is 2.38. The van der Waals surface area contributed by atoms with E-state index < -0.39 is 15.8 Å². The first-order chi connectivity index (χ1) is 36.4. The van der Waals surface area contributed by atoms with Crippen molar-refractivity contribution in [2.75, 3.05) is 107 Å². The van der Waals surface area contributed by atoms with Gasteiger partial charge in [-0.3, -0.25) is 30.0 Å². The second kappa shape index (κ2) is 26.0. The number of anilines is 5. The number of carbonyl (C=O) groups excluding carboxylic acids is 1. The summed E-state index contributed by atoms with van der Waals surface area (Å²) < 4.78 is 20.9. The van der Waals surface area contributed by atoms with Crippen LogP contribution in [-0.2, 0) is 0 Å². The average Bonchev–Trinajstić information content (AvgIpc) is 4.02. The van der Waals surface area contributed by atoms with Crippen molar-refractivity contribution < 1.29 is 43.1 Å². The summed E-state index contributed by atoms with van der Waals surface area (Å²) in [5, 5.41) is 42.6. The van der Waals surface area contributed by atoms with Crippen LogP contribution < -0.4 is 41.0 Å². The molecule has 2 aliphatic rings. The van der Waals surface area contributed by atoms with Gasteiger partial charge in [-0.2, -0.15) is 0 Å². The van der Waals surface area contributed by atoms with Crippen LogP contribution in [0.5, 0.6) is 11.5 Å². The molecule has 5 heterocycles. The highest BCUT2D eigenvalue weighted by molar-refractivity contribution is 6.34. The first-order valence-corrected chi connectivity index (χ1v) is 24.1. The van der Waals surface area contributed by atoms with Crippen molar-refractivity contribution in [3.05, 3.63) is 150 Å². The minimum Gasteiger partial charge on any atom is -0.496 e. The van der Waals surface area contributed by atoms with Gasteiger partial charge in [0.2, 0.25) is 0 Å². The molecule has 3 aromatic heterocycles. The second-order valence-electron chi connectivity index (χ2n) is 17.0. The number of nitrogens with one attached hydrogen (secondary N) is 1. The van der Waals surface area contributed by atoms with E-state index in [0.717, 1.165) is 31.9 Å². The molecule has 9 rings (SSSR count). The van der Waals surface area contributed by atoms with Crippen molar-refractivity contribution >= 4 is 74.9 Å². The summed E-state index contributed by atoms with van der Waals surface area (Å²) in [6.07, 6.45) is 3.57. The van der Waals surface area contributed by atoms with E-state index in [4.69, 9.17) is 58.3 Å². The molecular formula is C51H56Cl2N12O11. The van der Waals surface area contributed by atoms with Gasteiger partial charge >= 0.3 is 5.97 Å². The second-order valence-corrected chi connectivity index (χ2v) is 17.8. The van der Waals surface area contributed by atoms with Crippen molar-refractivity contribution in [2.45, 2.75) is 13.8 Å². The van der Waals surface area contributed by atoms with Crippen molar-refractivity contribution in [1.29, 1.82) is 0 Å². The third kappa shape index (κ3) is 13.5. The standard InChI is InChI=1S/C22H22ClN5O5.C12H11NO4.C10H13ClN4O2.C7H10N2/c1-13-20(21(25-33-13)14-5-3-4-6-19(14)32-2)22(29)27-9-7-26(8-10-27)17-12-16(24)18(28(30)31)11-15(17)23;1-7-10(12(14)15)11(13-17-7)8-5-3-4-6-9(8)16-2;11-7-5-10(15(16)17)8(12)6-9(7)14-3-1-13-2-4-14;1-9(2)7-3-5-8-6-4-7/h3-6,11-12H,7-10,24H2,1-2H3;3-6H,1-2H3,(H,14,15);5-6,13H,1-4,12H2;3-6H,1-2H3. The van der Waals surface area contributed by atoms with Crippen LogP contribution in [-0.4, -0.2) is 128 Å². The number of para-hydroxylation sites is 2. The fraction of sp³-hybridized carbons (Fsp3) is 0.275. The Morgan fingerprint density at radius 3 is 1.55 bits per heavy atom. The van der Waals surface area contributed by atoms with Gasteiger partial charge in [0.05, 0.1) is 45.5 Å². The number of nitro benzene ring substituents is 2. The first kappa shape index (κ1) is 56.6. The van der Waals surface area contributed by atoms with Crippen molar-refractivity contribution in [2.24, 2.45) is 0 Å². The summed E-state index contributed by atoms with van der Waals surface area (Å²) in [6.45, 7) is 8.44. The number of hydrogen-bond acceptors (Lipinski definition) is 19. The predicted octanol–water partition coefficient (Wildman–Crippen LogP) is 8.51. The smallest absolute Gasteiger partial charge is 0.341 e. The van der Waals surface area contributed by atoms with Crippen LogP contribution >= 0.6 is 23.2 Å². The van der Waals surface area contributed by atoms with E-state index in [9.17, 15) is 29.8 Å². The van der Waals surface area contributed by atoms with Crippen LogP contribution in [0.25, 0.3) is 22.5 Å². The number of amides is 1. The van der Waals surface area contributed by atoms with Crippen molar-refractivity contribution in [3.63, 3.8) is 0 Å². The third-order valence-corrected chi connectivity index (χ3v) is 12.6. The van der Waals surface area contributed by atoms with Gasteiger partial charge in [0.15, 0.2) is 0 Å². The van der Waals surface area contributed by atoms with Gasteiger partial charge < -0.3 is 60.0 Å². The number of nitrogens with two attached hydrogens (primary N) is 2. The largest absolute Gasteiger partial charge is 0.496 e. The van der Waals surface area contributed by atoms with Gasteiger partial charge in [0.25, 0.3) is 17.3 Å². The number of nitro groups is 2. The fourth-order valence-electron chi connectivity index (χ4n) is 8.09. The summed E-state index contributed by atoms with van der Waals surface area (Å²) in [7, 11) is 7.10. The minimum absolute atomic E-state index is 0.0412. The molecule has 0 aliphatic carbocycles. The van der Waals surface area contributed by atoms with Gasteiger partial charge in [-0.25, -0.2) is 4.79 Å². The molecule has 6 N–H and O–H groups in total. The maximum Gasteiger partial charge on any atom is 0.341 e. The van der Waals surface area contributed by atoms with Crippen LogP contribution in [0.3, 0.4) is 0 Å². The zero-order valence-corrected chi connectivity index (χ0v) is 43.9. The Balaban J connectivity index is 0.000000183. The molecule has 2 fully saturated rings. The number of piperazine rings is 2. The molecule has 2 saturated heterocycles. The zero-order chi connectivity index (χ0) is 55.2. The molecule has 7 aromatic rings. The van der Waals surface area contributed by atoms with E-state index in [1.54, 1.807) is 74.6 Å². The van der Waals surface area contributed by atoms with Crippen LogP contribution in [0.1, 0.15) is 32.2 Å². The fourth-order valence-corrected chi connectivity index (χ4v) is 8.64. The molecule has 0 spiro atoms. The van der Waals surface area contributed by atoms with Gasteiger partial charge in [0, 0.05) is 108 Å². The Morgan fingerprint density at radius 2 is 1.13 bits per heavy atom. The number of halogens is 2. The van der Waals surface area contributed by atoms with E-state index >= 15 is 0 Å². The number of methoxy groups -OCH3 is 2. The van der Waals surface area contributed by atoms with Crippen molar-refractivity contribution in [3.8, 4) is 34.0 Å². The third-order valence-electron chi connectivity index (χ3n) is 12.0. The molecule has 0 radical (unpaired) electrons. The van der Waals surface area contributed by atoms with Crippen LogP contribution in [0.2, 0.25) is 10.0 Å². The summed E-state index contributed by atoms with van der Waals surface area (Å²) in [6, 6.07) is 24.0. The van der Waals surface area contributed by atoms with Crippen LogP contribution in [0.15, 0.2) is 106 Å². The lowest BCUT2D eigenvalue weighted by molar-refractivity contribution is -0.384. The molecule has 1 amide bonds. The molecule has 400 valence electrons. The normalized spacial score (nSPS) is 12.9. The summed E-state index contributed by atoms with van der Waals surface area (Å²) in [5.74, 6) is 0.597. The quantitative estimate of drug-likeness (QED) is 0.0536. The lowest BCUT2D eigenvalue weighted by atomic mass is 10.0. The molecule has 2 aliphatic heterocycles. The Kier molecular flexibility index (Phi) is 19.4. The number of nitrogen functional groups attached to an aromatic ring is 2. The number of ether oxygens (including phenoxy) is 2. The summed E-state index contributed by atoms with van der Waals surface area (Å²) in [5.41, 5.74) is 16.3. The van der Waals surface area contributed by atoms with E-state index in [-0.39, 0.29) is 50.7 Å². The van der Waals surface area contributed by atoms with E-state index in [1.807, 2.05) is 54.2 Å². The highest BCUT2D eigenvalue weighted by atomic mass is 35.5. The number of carbonyl (C=O) groups is 2. The van der Waals surface area contributed by atoms with Gasteiger partial charge in [0.1, 0.15) is 56.9 Å². The topological polar surface area (TPSA) is 301 Å². The molecular weight excluding hydrogens is 1030 g/mol. The van der Waals surface area contributed by atoms with Gasteiger partial charge in [-0.05, 0) is 62.4 Å². The molecule has 25 heteroatoms. The Morgan fingerprint density at radius 1 is 0.697 bits per heavy atom. The van der Waals surface area contributed by atoms with Crippen LogP contribution in [0, 0.1) is 34.1 Å². The Labute approximate surface area is 446 Å². The number of nitrogens with zero attached hydrogens (tertiary/aromatic N) is 9. The monoisotopic (exact) mass is 1080 g/mol. The maximum atomic E-state index is 13.4. The lowest BCUT2D eigenvalue weighted by Gasteiger charge is -2.36. The molecule has 0 saturated carbocycles. The average molecular weight is 1080 g/mol. The maximum absolute atomic E-state index is 13.4. The zero-order valence-electron chi connectivity index (χ0n) is 42.4. The molecule has 76 heavy (non-hydrogen) atoms. The molecule has 4 aromatic carbocycles. The number of benzene rings is 4. The van der Waals surface area contributed by atoms with E-state index in [1.165, 1.54) is 31.0 Å². The van der Waals surface area contributed by atoms with Crippen molar-refractivity contribution in [1.82, 2.24) is 25.5 Å². The van der Waals surface area contributed by atoms with Crippen LogP contribution in [0.4, 0.5) is 39.8 Å². The van der Waals surface area contributed by atoms with Gasteiger partial charge in [-0.15, -0.1) is 0 Å². The van der Waals surface area contributed by atoms with E-state index in [0.29, 0.717) is 76.5 Å². The number of aryl methyl sites for hydroxylation is 2. The molecule has 0 bridgehead atoms. The summed E-state index contributed by atoms with van der Waals surface area (Å²) in [4.78, 5) is 56.9. The number of aromatic nitrogens is 3. The number of rotatable bonds is 11. The Hall–Kier alpha value is -8.67. The number of hydrogen-bond donors (Lipinski definition) is 4. The lowest BCUT2D eigenvalue weighted by Crippen LogP contribution is -2.49. The van der Waals surface area contributed by atoms with E-state index in [2.05, 4.69) is 25.5 Å². The Bertz CT molecular complexity index is 3160. The molecule has 0 atom stereocenters. The predicted molar refractivity (Wildman–Crippen MR) is 290 cm³/mol. The number of aromatic carboxylic acids is 1. The number of carboxylic acids is 1. The minimum atomic E-state index is -1.07. The van der Waals surface area contributed by atoms with Gasteiger partial charge in [-0.1, -0.05) is 57.8 Å². The SMILES string of the molecule is CN(C)c1ccncc1.COc1ccccc1-c1noc(C)c1C(=O)N1CCN(c2cc(N)c([N+](=O)[O-])cc2Cl)CC1.COc1ccccc1-c1noc(C)c1C(=O)O.Nc1cc(N2CCNCC2)c(Cl)cc1[N+](=O)[O-]. The molecule has 23 nitrogen and oxygen atoms in total. The number of pyridine rings is 1. The first-order valence-electron chi connectivity index (χ1n) is 23.3. The number of carboxylic acid groups (broad SMARTS) is 1. The molecule has 0 unspecified atom stereocenters.